The molecule has 0 spiro atoms. The highest BCUT2D eigenvalue weighted by atomic mass is 79.9. The lowest BCUT2D eigenvalue weighted by Gasteiger charge is -2.03. The third-order valence-electron chi connectivity index (χ3n) is 2.96. The van der Waals surface area contributed by atoms with E-state index >= 15 is 0 Å². The van der Waals surface area contributed by atoms with Gasteiger partial charge < -0.3 is 0 Å². The lowest BCUT2D eigenvalue weighted by atomic mass is 10.1. The number of rotatable bonds is 7. The number of hydrogen-bond donors (Lipinski definition) is 0. The normalized spacial score (nSPS) is 10.4. The summed E-state index contributed by atoms with van der Waals surface area (Å²) >= 11 is 5.05. The van der Waals surface area contributed by atoms with E-state index in [0.717, 1.165) is 22.2 Å². The molecule has 0 radical (unpaired) electrons. The second kappa shape index (κ2) is 8.28. The maximum atomic E-state index is 11.9. The molecule has 0 heterocycles. The summed E-state index contributed by atoms with van der Waals surface area (Å²) in [6, 6.07) is 18.4. The van der Waals surface area contributed by atoms with Gasteiger partial charge in [0.25, 0.3) is 0 Å². The highest BCUT2D eigenvalue weighted by molar-refractivity contribution is 9.10. The fourth-order valence-electron chi connectivity index (χ4n) is 1.93. The molecule has 0 amide bonds. The SMILES string of the molecule is O=C(CCCc1ccccc1)CSc1cccc(Br)c1. The molecular weight excluding hydrogens is 332 g/mol. The molecule has 1 nitrogen and oxygen atoms in total. The largest absolute Gasteiger partial charge is 0.299 e. The van der Waals surface area contributed by atoms with E-state index in [1.54, 1.807) is 11.8 Å². The van der Waals surface area contributed by atoms with E-state index in [4.69, 9.17) is 0 Å². The first-order chi connectivity index (χ1) is 9.74. The first-order valence-electron chi connectivity index (χ1n) is 6.68. The molecule has 0 atom stereocenters. The van der Waals surface area contributed by atoms with Crippen LogP contribution in [0, 0.1) is 0 Å². The van der Waals surface area contributed by atoms with Gasteiger partial charge in [0.2, 0.25) is 0 Å². The number of thioether (sulfide) groups is 1. The number of benzene rings is 2. The van der Waals surface area contributed by atoms with E-state index in [-0.39, 0.29) is 0 Å². The molecular formula is C17H17BrOS. The van der Waals surface area contributed by atoms with Crippen molar-refractivity contribution < 1.29 is 4.79 Å². The summed E-state index contributed by atoms with van der Waals surface area (Å²) in [7, 11) is 0. The standard InChI is InChI=1S/C17H17BrOS/c18-15-9-5-11-17(12-15)20-13-16(19)10-4-8-14-6-2-1-3-7-14/h1-3,5-7,9,11-12H,4,8,10,13H2. The van der Waals surface area contributed by atoms with Gasteiger partial charge >= 0.3 is 0 Å². The van der Waals surface area contributed by atoms with Gasteiger partial charge in [-0.05, 0) is 36.6 Å². The Morgan fingerprint density at radius 1 is 1.05 bits per heavy atom. The van der Waals surface area contributed by atoms with E-state index in [1.807, 2.05) is 42.5 Å². The van der Waals surface area contributed by atoms with Gasteiger partial charge in [0.15, 0.2) is 0 Å². The molecule has 0 fully saturated rings. The number of aryl methyl sites for hydroxylation is 1. The van der Waals surface area contributed by atoms with Crippen LogP contribution in [0.3, 0.4) is 0 Å². The topological polar surface area (TPSA) is 17.1 Å². The van der Waals surface area contributed by atoms with Crippen LogP contribution in [0.2, 0.25) is 0 Å². The maximum Gasteiger partial charge on any atom is 0.143 e. The molecule has 2 aromatic rings. The second-order valence-corrected chi connectivity index (χ2v) is 6.59. The van der Waals surface area contributed by atoms with Crippen molar-refractivity contribution >= 4 is 33.5 Å². The summed E-state index contributed by atoms with van der Waals surface area (Å²) < 4.78 is 1.05. The van der Waals surface area contributed by atoms with E-state index in [1.165, 1.54) is 5.56 Å². The van der Waals surface area contributed by atoms with E-state index in [2.05, 4.69) is 28.1 Å². The zero-order chi connectivity index (χ0) is 14.2. The Hall–Kier alpha value is -1.06. The van der Waals surface area contributed by atoms with Crippen molar-refractivity contribution in [3.8, 4) is 0 Å². The van der Waals surface area contributed by atoms with Crippen molar-refractivity contribution in [2.75, 3.05) is 5.75 Å². The molecule has 2 rings (SSSR count). The molecule has 0 N–H and O–H groups in total. The van der Waals surface area contributed by atoms with E-state index in [0.29, 0.717) is 18.0 Å². The molecule has 0 aliphatic heterocycles. The fraction of sp³-hybridized carbons (Fsp3) is 0.235. The van der Waals surface area contributed by atoms with Crippen molar-refractivity contribution in [2.45, 2.75) is 24.2 Å². The van der Waals surface area contributed by atoms with Gasteiger partial charge in [0.1, 0.15) is 5.78 Å². The number of carbonyl (C=O) groups is 1. The molecule has 2 aromatic carbocycles. The van der Waals surface area contributed by atoms with Crippen LogP contribution in [-0.4, -0.2) is 11.5 Å². The summed E-state index contributed by atoms with van der Waals surface area (Å²) in [6.07, 6.45) is 2.58. The van der Waals surface area contributed by atoms with E-state index in [9.17, 15) is 4.79 Å². The predicted octanol–water partition coefficient (Wildman–Crippen LogP) is 5.13. The number of carbonyl (C=O) groups excluding carboxylic acids is 1. The molecule has 0 saturated heterocycles. The van der Waals surface area contributed by atoms with Crippen LogP contribution in [0.5, 0.6) is 0 Å². The Morgan fingerprint density at radius 2 is 1.85 bits per heavy atom. The predicted molar refractivity (Wildman–Crippen MR) is 89.3 cm³/mol. The van der Waals surface area contributed by atoms with Gasteiger partial charge in [-0.3, -0.25) is 4.79 Å². The number of ketones is 1. The third-order valence-corrected chi connectivity index (χ3v) is 4.51. The zero-order valence-corrected chi connectivity index (χ0v) is 13.6. The molecule has 0 unspecified atom stereocenters. The van der Waals surface area contributed by atoms with Gasteiger partial charge in [-0.1, -0.05) is 52.3 Å². The number of Topliss-reactive ketones (excluding diaryl/α,β-unsaturated/α-hetero) is 1. The van der Waals surface area contributed by atoms with Crippen molar-refractivity contribution in [2.24, 2.45) is 0 Å². The van der Waals surface area contributed by atoms with Crippen LogP contribution in [-0.2, 0) is 11.2 Å². The van der Waals surface area contributed by atoms with Gasteiger partial charge in [0, 0.05) is 15.8 Å². The minimum atomic E-state index is 0.325. The summed E-state index contributed by atoms with van der Waals surface area (Å²) in [5, 5.41) is 0. The Balaban J connectivity index is 1.68. The maximum absolute atomic E-state index is 11.9. The van der Waals surface area contributed by atoms with Gasteiger partial charge in [-0.15, -0.1) is 11.8 Å². The zero-order valence-electron chi connectivity index (χ0n) is 11.2. The van der Waals surface area contributed by atoms with E-state index < -0.39 is 0 Å². The third kappa shape index (κ3) is 5.51. The fourth-order valence-corrected chi connectivity index (χ4v) is 3.33. The van der Waals surface area contributed by atoms with Gasteiger partial charge in [-0.25, -0.2) is 0 Å². The molecule has 0 saturated carbocycles. The molecule has 0 aliphatic carbocycles. The van der Waals surface area contributed by atoms with Crippen molar-refractivity contribution in [3.05, 3.63) is 64.6 Å². The average Bonchev–Trinajstić information content (AvgIpc) is 2.46. The summed E-state index contributed by atoms with van der Waals surface area (Å²) in [5.41, 5.74) is 1.31. The quantitative estimate of drug-likeness (QED) is 0.645. The smallest absolute Gasteiger partial charge is 0.143 e. The highest BCUT2D eigenvalue weighted by Crippen LogP contribution is 2.22. The number of hydrogen-bond acceptors (Lipinski definition) is 2. The molecule has 3 heteroatoms. The van der Waals surface area contributed by atoms with Gasteiger partial charge in [-0.2, -0.15) is 0 Å². The lowest BCUT2D eigenvalue weighted by molar-refractivity contribution is -0.116. The minimum absolute atomic E-state index is 0.325. The lowest BCUT2D eigenvalue weighted by Crippen LogP contribution is -2.02. The van der Waals surface area contributed by atoms with Crippen molar-refractivity contribution in [1.29, 1.82) is 0 Å². The Morgan fingerprint density at radius 3 is 2.60 bits per heavy atom. The molecule has 104 valence electrons. The summed E-state index contributed by atoms with van der Waals surface area (Å²) in [5.74, 6) is 0.886. The average molecular weight is 349 g/mol. The molecule has 20 heavy (non-hydrogen) atoms. The molecule has 0 bridgehead atoms. The van der Waals surface area contributed by atoms with Crippen LogP contribution < -0.4 is 0 Å². The summed E-state index contributed by atoms with van der Waals surface area (Å²) in [4.78, 5) is 13.0. The first kappa shape index (κ1) is 15.3. The van der Waals surface area contributed by atoms with Crippen LogP contribution in [0.1, 0.15) is 18.4 Å². The van der Waals surface area contributed by atoms with Crippen LogP contribution in [0.25, 0.3) is 0 Å². The molecule has 0 aromatic heterocycles. The highest BCUT2D eigenvalue weighted by Gasteiger charge is 2.04. The first-order valence-corrected chi connectivity index (χ1v) is 8.46. The van der Waals surface area contributed by atoms with Gasteiger partial charge in [0.05, 0.1) is 5.75 Å². The second-order valence-electron chi connectivity index (χ2n) is 4.62. The van der Waals surface area contributed by atoms with Crippen molar-refractivity contribution in [3.63, 3.8) is 0 Å². The summed E-state index contributed by atoms with van der Waals surface area (Å²) in [6.45, 7) is 0. The Labute approximate surface area is 132 Å². The van der Waals surface area contributed by atoms with Crippen molar-refractivity contribution in [1.82, 2.24) is 0 Å². The van der Waals surface area contributed by atoms with Crippen LogP contribution in [0.15, 0.2) is 64.0 Å². The Kier molecular flexibility index (Phi) is 6.34. The Bertz CT molecular complexity index is 554. The van der Waals surface area contributed by atoms with Crippen LogP contribution in [0.4, 0.5) is 0 Å². The number of halogens is 1. The van der Waals surface area contributed by atoms with Crippen LogP contribution >= 0.6 is 27.7 Å². The molecule has 0 aliphatic rings. The minimum Gasteiger partial charge on any atom is -0.299 e. The monoisotopic (exact) mass is 348 g/mol.